The Morgan fingerprint density at radius 3 is 2.58 bits per heavy atom. The number of hydrogen-bond donors (Lipinski definition) is 1. The Labute approximate surface area is 75.5 Å². The summed E-state index contributed by atoms with van der Waals surface area (Å²) < 4.78 is 0. The van der Waals surface area contributed by atoms with Crippen molar-refractivity contribution in [3.8, 4) is 11.8 Å². The SMILES string of the molecule is C=C(C)CCCC(C)(O)C#CC. The molecule has 0 aliphatic carbocycles. The molecule has 1 atom stereocenters. The highest BCUT2D eigenvalue weighted by atomic mass is 16.3. The minimum atomic E-state index is -0.815. The van der Waals surface area contributed by atoms with Gasteiger partial charge in [0.15, 0.2) is 0 Å². The Morgan fingerprint density at radius 2 is 2.17 bits per heavy atom. The van der Waals surface area contributed by atoms with Crippen LogP contribution < -0.4 is 0 Å². The largest absolute Gasteiger partial charge is 0.378 e. The Hall–Kier alpha value is -0.740. The zero-order chi connectivity index (χ0) is 9.61. The topological polar surface area (TPSA) is 20.2 Å². The van der Waals surface area contributed by atoms with Crippen LogP contribution in [0, 0.1) is 11.8 Å². The predicted molar refractivity (Wildman–Crippen MR) is 52.7 cm³/mol. The molecule has 1 nitrogen and oxygen atoms in total. The van der Waals surface area contributed by atoms with E-state index < -0.39 is 5.60 Å². The maximum absolute atomic E-state index is 9.62. The van der Waals surface area contributed by atoms with Gasteiger partial charge in [-0.2, -0.15) is 0 Å². The molecule has 0 aromatic rings. The van der Waals surface area contributed by atoms with Crippen LogP contribution in [0.4, 0.5) is 0 Å². The highest BCUT2D eigenvalue weighted by molar-refractivity contribution is 5.10. The molecule has 12 heavy (non-hydrogen) atoms. The predicted octanol–water partition coefficient (Wildman–Crippen LogP) is 2.51. The van der Waals surface area contributed by atoms with Crippen molar-refractivity contribution in [1.82, 2.24) is 0 Å². The molecule has 0 aromatic heterocycles. The van der Waals surface area contributed by atoms with E-state index in [0.29, 0.717) is 0 Å². The van der Waals surface area contributed by atoms with Gasteiger partial charge in [-0.05, 0) is 40.0 Å². The summed E-state index contributed by atoms with van der Waals surface area (Å²) in [5.74, 6) is 5.50. The lowest BCUT2D eigenvalue weighted by Gasteiger charge is -2.15. The van der Waals surface area contributed by atoms with E-state index in [2.05, 4.69) is 18.4 Å². The van der Waals surface area contributed by atoms with Crippen LogP contribution in [0.2, 0.25) is 0 Å². The van der Waals surface area contributed by atoms with Gasteiger partial charge in [-0.15, -0.1) is 12.5 Å². The van der Waals surface area contributed by atoms with Gasteiger partial charge in [0.2, 0.25) is 0 Å². The lowest BCUT2D eigenvalue weighted by molar-refractivity contribution is 0.110. The molecular weight excluding hydrogens is 148 g/mol. The molecule has 0 amide bonds. The molecule has 0 radical (unpaired) electrons. The van der Waals surface area contributed by atoms with Crippen LogP contribution >= 0.6 is 0 Å². The molecule has 0 fully saturated rings. The van der Waals surface area contributed by atoms with Crippen LogP contribution in [0.5, 0.6) is 0 Å². The van der Waals surface area contributed by atoms with E-state index >= 15 is 0 Å². The third kappa shape index (κ3) is 6.00. The van der Waals surface area contributed by atoms with Gasteiger partial charge in [-0.25, -0.2) is 0 Å². The van der Waals surface area contributed by atoms with E-state index in [1.165, 1.54) is 0 Å². The minimum Gasteiger partial charge on any atom is -0.378 e. The van der Waals surface area contributed by atoms with E-state index in [-0.39, 0.29) is 0 Å². The van der Waals surface area contributed by atoms with Crippen LogP contribution in [0.15, 0.2) is 12.2 Å². The fourth-order valence-electron chi connectivity index (χ4n) is 1.07. The minimum absolute atomic E-state index is 0.723. The van der Waals surface area contributed by atoms with Gasteiger partial charge in [0.1, 0.15) is 5.60 Å². The quantitative estimate of drug-likeness (QED) is 0.502. The van der Waals surface area contributed by atoms with Crippen LogP contribution in [-0.4, -0.2) is 10.7 Å². The lowest BCUT2D eigenvalue weighted by atomic mass is 9.98. The first-order chi connectivity index (χ1) is 5.48. The third-order valence-electron chi connectivity index (χ3n) is 1.66. The molecule has 68 valence electrons. The molecule has 0 bridgehead atoms. The van der Waals surface area contributed by atoms with Crippen molar-refractivity contribution in [3.05, 3.63) is 12.2 Å². The zero-order valence-corrected chi connectivity index (χ0v) is 8.28. The van der Waals surface area contributed by atoms with Crippen molar-refractivity contribution in [2.24, 2.45) is 0 Å². The number of rotatable bonds is 4. The van der Waals surface area contributed by atoms with Gasteiger partial charge >= 0.3 is 0 Å². The van der Waals surface area contributed by atoms with Crippen LogP contribution in [0.3, 0.4) is 0 Å². The number of hydrogen-bond acceptors (Lipinski definition) is 1. The van der Waals surface area contributed by atoms with Crippen molar-refractivity contribution in [3.63, 3.8) is 0 Å². The zero-order valence-electron chi connectivity index (χ0n) is 8.28. The van der Waals surface area contributed by atoms with Crippen LogP contribution in [0.1, 0.15) is 40.0 Å². The molecule has 1 heteroatoms. The number of allylic oxidation sites excluding steroid dienone is 1. The summed E-state index contributed by atoms with van der Waals surface area (Å²) in [6.45, 7) is 9.30. The lowest BCUT2D eigenvalue weighted by Crippen LogP contribution is -2.20. The molecule has 0 aromatic carbocycles. The van der Waals surface area contributed by atoms with E-state index in [0.717, 1.165) is 24.8 Å². The van der Waals surface area contributed by atoms with Gasteiger partial charge in [0, 0.05) is 0 Å². The molecule has 0 saturated carbocycles. The average Bonchev–Trinajstić information content (AvgIpc) is 1.85. The second-order valence-electron chi connectivity index (χ2n) is 3.46. The first-order valence-electron chi connectivity index (χ1n) is 4.28. The van der Waals surface area contributed by atoms with E-state index in [9.17, 15) is 5.11 Å². The Morgan fingerprint density at radius 1 is 1.58 bits per heavy atom. The van der Waals surface area contributed by atoms with Crippen molar-refractivity contribution in [1.29, 1.82) is 0 Å². The third-order valence-corrected chi connectivity index (χ3v) is 1.66. The Bertz CT molecular complexity index is 203. The highest BCUT2D eigenvalue weighted by Gasteiger charge is 2.15. The number of aliphatic hydroxyl groups is 1. The van der Waals surface area contributed by atoms with Gasteiger partial charge < -0.3 is 5.11 Å². The van der Waals surface area contributed by atoms with Crippen molar-refractivity contribution < 1.29 is 5.11 Å². The van der Waals surface area contributed by atoms with Gasteiger partial charge in [-0.1, -0.05) is 11.5 Å². The smallest absolute Gasteiger partial charge is 0.122 e. The second-order valence-corrected chi connectivity index (χ2v) is 3.46. The molecular formula is C11H18O. The van der Waals surface area contributed by atoms with Gasteiger partial charge in [0.05, 0.1) is 0 Å². The summed E-state index contributed by atoms with van der Waals surface area (Å²) in [7, 11) is 0. The van der Waals surface area contributed by atoms with E-state index in [1.807, 2.05) is 6.92 Å². The standard InChI is InChI=1S/C11H18O/c1-5-8-11(4,12)9-6-7-10(2)3/h12H,2,6-7,9H2,1,3-4H3. The summed E-state index contributed by atoms with van der Waals surface area (Å²) in [5, 5.41) is 9.62. The molecule has 0 heterocycles. The normalized spacial score (nSPS) is 14.3. The first kappa shape index (κ1) is 11.3. The maximum atomic E-state index is 9.62. The van der Waals surface area contributed by atoms with Gasteiger partial charge in [-0.3, -0.25) is 0 Å². The van der Waals surface area contributed by atoms with Gasteiger partial charge in [0.25, 0.3) is 0 Å². The fourth-order valence-corrected chi connectivity index (χ4v) is 1.07. The van der Waals surface area contributed by atoms with E-state index in [1.54, 1.807) is 13.8 Å². The summed E-state index contributed by atoms with van der Waals surface area (Å²) in [6, 6.07) is 0. The van der Waals surface area contributed by atoms with Crippen molar-refractivity contribution in [2.45, 2.75) is 45.6 Å². The highest BCUT2D eigenvalue weighted by Crippen LogP contribution is 2.14. The monoisotopic (exact) mass is 166 g/mol. The molecule has 1 unspecified atom stereocenters. The fraction of sp³-hybridized carbons (Fsp3) is 0.636. The van der Waals surface area contributed by atoms with E-state index in [4.69, 9.17) is 0 Å². The second kappa shape index (κ2) is 5.00. The molecule has 0 aliphatic rings. The van der Waals surface area contributed by atoms with Crippen molar-refractivity contribution >= 4 is 0 Å². The van der Waals surface area contributed by atoms with Crippen molar-refractivity contribution in [2.75, 3.05) is 0 Å². The summed E-state index contributed by atoms with van der Waals surface area (Å²) in [5.41, 5.74) is 0.347. The van der Waals surface area contributed by atoms with Crippen LogP contribution in [-0.2, 0) is 0 Å². The molecule has 0 rings (SSSR count). The molecule has 1 N–H and O–H groups in total. The molecule has 0 aliphatic heterocycles. The molecule has 0 saturated heterocycles. The summed E-state index contributed by atoms with van der Waals surface area (Å²) in [6.07, 6.45) is 2.65. The molecule has 0 spiro atoms. The summed E-state index contributed by atoms with van der Waals surface area (Å²) >= 11 is 0. The first-order valence-corrected chi connectivity index (χ1v) is 4.28. The van der Waals surface area contributed by atoms with Crippen LogP contribution in [0.25, 0.3) is 0 Å². The Kier molecular flexibility index (Phi) is 4.70. The Balaban J connectivity index is 3.73. The average molecular weight is 166 g/mol. The summed E-state index contributed by atoms with van der Waals surface area (Å²) in [4.78, 5) is 0. The maximum Gasteiger partial charge on any atom is 0.122 e.